The van der Waals surface area contributed by atoms with Crippen LogP contribution in [-0.2, 0) is 5.41 Å². The number of rotatable bonds is 5. The van der Waals surface area contributed by atoms with Crippen LogP contribution in [0.3, 0.4) is 0 Å². The van der Waals surface area contributed by atoms with Gasteiger partial charge in [0.2, 0.25) is 0 Å². The first-order chi connectivity index (χ1) is 16.3. The Morgan fingerprint density at radius 3 is 1.79 bits per heavy atom. The fourth-order valence-corrected chi connectivity index (χ4v) is 3.43. The van der Waals surface area contributed by atoms with Crippen molar-refractivity contribution in [2.24, 2.45) is 4.99 Å². The highest BCUT2D eigenvalue weighted by atomic mass is 15.1. The standard InChI is InChI=1S/C27H31N3.C4H6/c1-20(21-14-8-6-9-15-21)25(29-22-16-10-7-11-17-22)26(28-5)30-24-19-13-12-18-23(24)27(2,3)4;1-3-4-2/h6-19,29H,1-5H3,(H,28,30);1-2H3/b25-20-;. The highest BCUT2D eigenvalue weighted by molar-refractivity contribution is 6.14. The first-order valence-corrected chi connectivity index (χ1v) is 11.6. The van der Waals surface area contributed by atoms with Crippen LogP contribution in [0.1, 0.15) is 52.7 Å². The molecule has 0 aliphatic rings. The molecule has 3 rings (SSSR count). The number of hydrogen-bond donors (Lipinski definition) is 2. The van der Waals surface area contributed by atoms with Gasteiger partial charge in [-0.15, -0.1) is 11.8 Å². The third kappa shape index (κ3) is 7.67. The zero-order chi connectivity index (χ0) is 25.0. The molecule has 0 unspecified atom stereocenters. The second-order valence-corrected chi connectivity index (χ2v) is 8.85. The third-order valence-electron chi connectivity index (χ3n) is 5.32. The fourth-order valence-electron chi connectivity index (χ4n) is 3.43. The lowest BCUT2D eigenvalue weighted by Gasteiger charge is -2.25. The van der Waals surface area contributed by atoms with Crippen LogP contribution in [0.5, 0.6) is 0 Å². The van der Waals surface area contributed by atoms with Crippen LogP contribution in [0.15, 0.2) is 95.6 Å². The zero-order valence-corrected chi connectivity index (χ0v) is 21.5. The Bertz CT molecular complexity index is 1150. The third-order valence-corrected chi connectivity index (χ3v) is 5.32. The Hall–Kier alpha value is -3.77. The van der Waals surface area contributed by atoms with E-state index in [2.05, 4.69) is 116 Å². The second kappa shape index (κ2) is 13.1. The highest BCUT2D eigenvalue weighted by Crippen LogP contribution is 2.30. The summed E-state index contributed by atoms with van der Waals surface area (Å²) in [5.41, 5.74) is 6.60. The quantitative estimate of drug-likeness (QED) is 0.234. The van der Waals surface area contributed by atoms with E-state index in [9.17, 15) is 0 Å². The lowest BCUT2D eigenvalue weighted by Crippen LogP contribution is -2.24. The molecule has 0 amide bonds. The van der Waals surface area contributed by atoms with Gasteiger partial charge in [0.15, 0.2) is 0 Å². The van der Waals surface area contributed by atoms with Gasteiger partial charge in [0.05, 0.1) is 5.70 Å². The van der Waals surface area contributed by atoms with Crippen LogP contribution in [0.4, 0.5) is 11.4 Å². The minimum Gasteiger partial charge on any atom is -0.352 e. The molecule has 0 heterocycles. The molecule has 0 saturated carbocycles. The lowest BCUT2D eigenvalue weighted by atomic mass is 9.86. The van der Waals surface area contributed by atoms with E-state index >= 15 is 0 Å². The van der Waals surface area contributed by atoms with Crippen LogP contribution >= 0.6 is 0 Å². The zero-order valence-electron chi connectivity index (χ0n) is 21.5. The van der Waals surface area contributed by atoms with Crippen LogP contribution in [0.2, 0.25) is 0 Å². The van der Waals surface area contributed by atoms with E-state index in [1.807, 2.05) is 45.2 Å². The first kappa shape index (κ1) is 26.5. The molecule has 3 aromatic rings. The molecule has 0 aliphatic carbocycles. The van der Waals surface area contributed by atoms with Crippen molar-refractivity contribution in [1.82, 2.24) is 0 Å². The van der Waals surface area contributed by atoms with Gasteiger partial charge in [-0.3, -0.25) is 4.99 Å². The summed E-state index contributed by atoms with van der Waals surface area (Å²) in [6.45, 7) is 12.4. The number of hydrogen-bond acceptors (Lipinski definition) is 2. The summed E-state index contributed by atoms with van der Waals surface area (Å²) < 4.78 is 0. The van der Waals surface area contributed by atoms with Gasteiger partial charge in [0.25, 0.3) is 0 Å². The number of nitrogens with one attached hydrogen (secondary N) is 2. The summed E-state index contributed by atoms with van der Waals surface area (Å²) in [6, 6.07) is 29.0. The topological polar surface area (TPSA) is 36.4 Å². The maximum absolute atomic E-state index is 4.63. The van der Waals surface area contributed by atoms with E-state index in [1.54, 1.807) is 0 Å². The summed E-state index contributed by atoms with van der Waals surface area (Å²) >= 11 is 0. The molecule has 3 aromatic carbocycles. The minimum atomic E-state index is 0.0215. The molecule has 176 valence electrons. The Kier molecular flexibility index (Phi) is 10.2. The van der Waals surface area contributed by atoms with E-state index < -0.39 is 0 Å². The number of nitrogens with zero attached hydrogens (tertiary/aromatic N) is 1. The Labute approximate surface area is 206 Å². The van der Waals surface area contributed by atoms with Crippen molar-refractivity contribution < 1.29 is 0 Å². The van der Waals surface area contributed by atoms with Gasteiger partial charge >= 0.3 is 0 Å². The van der Waals surface area contributed by atoms with Crippen molar-refractivity contribution >= 4 is 22.8 Å². The van der Waals surface area contributed by atoms with Crippen molar-refractivity contribution in [2.75, 3.05) is 17.7 Å². The summed E-state index contributed by atoms with van der Waals surface area (Å²) in [5, 5.41) is 7.20. The molecular weight excluding hydrogens is 414 g/mol. The van der Waals surface area contributed by atoms with Gasteiger partial charge in [0, 0.05) is 18.4 Å². The van der Waals surface area contributed by atoms with E-state index in [0.717, 1.165) is 34.0 Å². The molecular formula is C31H37N3. The molecule has 0 aromatic heterocycles. The number of aliphatic imine (C=N–C) groups is 1. The number of benzene rings is 3. The van der Waals surface area contributed by atoms with E-state index in [0.29, 0.717) is 0 Å². The molecule has 0 fully saturated rings. The second-order valence-electron chi connectivity index (χ2n) is 8.85. The minimum absolute atomic E-state index is 0.0215. The average Bonchev–Trinajstić information content (AvgIpc) is 2.86. The van der Waals surface area contributed by atoms with Crippen molar-refractivity contribution in [1.29, 1.82) is 0 Å². The lowest BCUT2D eigenvalue weighted by molar-refractivity contribution is 0.592. The molecule has 34 heavy (non-hydrogen) atoms. The maximum atomic E-state index is 4.63. The average molecular weight is 452 g/mol. The van der Waals surface area contributed by atoms with E-state index in [1.165, 1.54) is 5.56 Å². The van der Waals surface area contributed by atoms with Gasteiger partial charge in [-0.05, 0) is 61.1 Å². The van der Waals surface area contributed by atoms with Crippen LogP contribution in [-0.4, -0.2) is 12.9 Å². The van der Waals surface area contributed by atoms with Gasteiger partial charge in [-0.2, -0.15) is 0 Å². The van der Waals surface area contributed by atoms with Gasteiger partial charge in [-0.25, -0.2) is 0 Å². The first-order valence-electron chi connectivity index (χ1n) is 11.6. The van der Waals surface area contributed by atoms with Crippen molar-refractivity contribution in [2.45, 2.75) is 47.0 Å². The Balaban J connectivity index is 0.000000945. The van der Waals surface area contributed by atoms with E-state index in [4.69, 9.17) is 0 Å². The fraction of sp³-hybridized carbons (Fsp3) is 0.258. The predicted octanol–water partition coefficient (Wildman–Crippen LogP) is 8.00. The van der Waals surface area contributed by atoms with Gasteiger partial charge in [0.1, 0.15) is 5.84 Å². The number of anilines is 2. The summed E-state index contributed by atoms with van der Waals surface area (Å²) in [5.74, 6) is 6.16. The molecule has 0 bridgehead atoms. The van der Waals surface area contributed by atoms with Crippen LogP contribution in [0.25, 0.3) is 5.57 Å². The SMILES string of the molecule is CC#CC.CN=C(Nc1ccccc1C(C)(C)C)/C(Nc1ccccc1)=C(\C)c1ccccc1. The number of para-hydroxylation sites is 2. The summed E-state index contributed by atoms with van der Waals surface area (Å²) in [7, 11) is 1.83. The monoisotopic (exact) mass is 451 g/mol. The molecule has 0 spiro atoms. The molecule has 2 N–H and O–H groups in total. The predicted molar refractivity (Wildman–Crippen MR) is 150 cm³/mol. The van der Waals surface area contributed by atoms with Crippen molar-refractivity contribution in [3.8, 4) is 11.8 Å². The Morgan fingerprint density at radius 1 is 0.735 bits per heavy atom. The van der Waals surface area contributed by atoms with Gasteiger partial charge < -0.3 is 10.6 Å². The molecule has 0 radical (unpaired) electrons. The highest BCUT2D eigenvalue weighted by Gasteiger charge is 2.20. The summed E-state index contributed by atoms with van der Waals surface area (Å²) in [6.07, 6.45) is 0. The number of allylic oxidation sites excluding steroid dienone is 1. The summed E-state index contributed by atoms with van der Waals surface area (Å²) in [4.78, 5) is 4.63. The molecule has 0 atom stereocenters. The van der Waals surface area contributed by atoms with Gasteiger partial charge in [-0.1, -0.05) is 87.5 Å². The molecule has 3 heteroatoms. The molecule has 0 saturated heterocycles. The maximum Gasteiger partial charge on any atom is 0.149 e. The van der Waals surface area contributed by atoms with Crippen LogP contribution in [0, 0.1) is 11.8 Å². The smallest absolute Gasteiger partial charge is 0.149 e. The van der Waals surface area contributed by atoms with Crippen molar-refractivity contribution in [3.05, 3.63) is 102 Å². The van der Waals surface area contributed by atoms with Crippen molar-refractivity contribution in [3.63, 3.8) is 0 Å². The largest absolute Gasteiger partial charge is 0.352 e. The number of amidine groups is 1. The molecule has 3 nitrogen and oxygen atoms in total. The normalized spacial score (nSPS) is 11.8. The molecule has 0 aliphatic heterocycles. The van der Waals surface area contributed by atoms with Crippen LogP contribution < -0.4 is 10.6 Å². The Morgan fingerprint density at radius 2 is 1.26 bits per heavy atom. The van der Waals surface area contributed by atoms with E-state index in [-0.39, 0.29) is 5.41 Å².